The van der Waals surface area contributed by atoms with Gasteiger partial charge in [-0.25, -0.2) is 4.98 Å². The molecule has 122 valence electrons. The Hall–Kier alpha value is -2.72. The first-order valence-corrected chi connectivity index (χ1v) is 8.49. The number of nitrogens with zero attached hydrogens (tertiary/aromatic N) is 2. The molecule has 1 aliphatic heterocycles. The molecule has 0 aliphatic carbocycles. The van der Waals surface area contributed by atoms with E-state index in [-0.39, 0.29) is 9.88 Å². The maximum absolute atomic E-state index is 12.2. The van der Waals surface area contributed by atoms with E-state index >= 15 is 0 Å². The SMILES string of the molecule is O=C(Nc1nc2cc3c(cc2s1)OCCO3)c1ccc([N+](=O)[O-])s1. The minimum Gasteiger partial charge on any atom is -0.486 e. The van der Waals surface area contributed by atoms with Crippen LogP contribution in [0.5, 0.6) is 11.5 Å². The molecule has 3 aromatic rings. The smallest absolute Gasteiger partial charge is 0.324 e. The summed E-state index contributed by atoms with van der Waals surface area (Å²) in [6.07, 6.45) is 0. The summed E-state index contributed by atoms with van der Waals surface area (Å²) in [5.74, 6) is 0.861. The van der Waals surface area contributed by atoms with Crippen molar-refractivity contribution in [3.8, 4) is 11.5 Å². The van der Waals surface area contributed by atoms with Gasteiger partial charge in [0.25, 0.3) is 5.91 Å². The molecule has 1 amide bonds. The average Bonchev–Trinajstić information content (AvgIpc) is 3.19. The summed E-state index contributed by atoms with van der Waals surface area (Å²) in [6, 6.07) is 6.33. The fourth-order valence-corrected chi connectivity index (χ4v) is 3.81. The molecular weight excluding hydrogens is 354 g/mol. The van der Waals surface area contributed by atoms with Crippen LogP contribution in [0.15, 0.2) is 24.3 Å². The topological polar surface area (TPSA) is 104 Å². The maximum Gasteiger partial charge on any atom is 0.324 e. The Morgan fingerprint density at radius 2 is 1.96 bits per heavy atom. The van der Waals surface area contributed by atoms with Gasteiger partial charge in [-0.15, -0.1) is 0 Å². The lowest BCUT2D eigenvalue weighted by molar-refractivity contribution is -0.380. The number of amides is 1. The molecule has 0 saturated carbocycles. The molecule has 0 bridgehead atoms. The number of hydrogen-bond donors (Lipinski definition) is 1. The van der Waals surface area contributed by atoms with Gasteiger partial charge in [-0.2, -0.15) is 0 Å². The van der Waals surface area contributed by atoms with E-state index in [0.717, 1.165) is 16.0 Å². The molecule has 0 spiro atoms. The molecule has 24 heavy (non-hydrogen) atoms. The van der Waals surface area contributed by atoms with E-state index in [1.54, 1.807) is 6.07 Å². The van der Waals surface area contributed by atoms with Crippen molar-refractivity contribution in [1.29, 1.82) is 0 Å². The number of anilines is 1. The van der Waals surface area contributed by atoms with Gasteiger partial charge in [0.1, 0.15) is 13.2 Å². The lowest BCUT2D eigenvalue weighted by Gasteiger charge is -2.17. The zero-order valence-electron chi connectivity index (χ0n) is 12.0. The van der Waals surface area contributed by atoms with E-state index in [2.05, 4.69) is 10.3 Å². The summed E-state index contributed by atoms with van der Waals surface area (Å²) in [6.45, 7) is 0.988. The number of hydrogen-bond acceptors (Lipinski definition) is 8. The Morgan fingerprint density at radius 3 is 2.67 bits per heavy atom. The standard InChI is InChI=1S/C14H9N3O5S2/c18-13(10-1-2-12(23-10)17(19)20)16-14-15-7-5-8-9(6-11(7)24-14)22-4-3-21-8/h1-2,5-6H,3-4H2,(H,15,16,18). The number of thiophene rings is 1. The van der Waals surface area contributed by atoms with E-state index in [4.69, 9.17) is 9.47 Å². The lowest BCUT2D eigenvalue weighted by Crippen LogP contribution is -2.15. The molecular formula is C14H9N3O5S2. The lowest BCUT2D eigenvalue weighted by atomic mass is 10.3. The fourth-order valence-electron chi connectivity index (χ4n) is 2.22. The van der Waals surface area contributed by atoms with Gasteiger partial charge in [0.05, 0.1) is 20.0 Å². The maximum atomic E-state index is 12.2. The zero-order chi connectivity index (χ0) is 16.7. The minimum absolute atomic E-state index is 0.0774. The Labute approximate surface area is 142 Å². The van der Waals surface area contributed by atoms with Crippen LogP contribution in [0.25, 0.3) is 10.2 Å². The molecule has 8 nitrogen and oxygen atoms in total. The third-order valence-electron chi connectivity index (χ3n) is 3.27. The Kier molecular flexibility index (Phi) is 3.54. The monoisotopic (exact) mass is 363 g/mol. The summed E-state index contributed by atoms with van der Waals surface area (Å²) in [5.41, 5.74) is 0.691. The van der Waals surface area contributed by atoms with Crippen molar-refractivity contribution in [3.05, 3.63) is 39.3 Å². The highest BCUT2D eigenvalue weighted by Crippen LogP contribution is 2.38. The van der Waals surface area contributed by atoms with Crippen molar-refractivity contribution >= 4 is 48.9 Å². The van der Waals surface area contributed by atoms with Crippen LogP contribution in [-0.2, 0) is 0 Å². The first-order chi connectivity index (χ1) is 11.6. The Morgan fingerprint density at radius 1 is 1.21 bits per heavy atom. The van der Waals surface area contributed by atoms with Gasteiger partial charge in [0, 0.05) is 18.2 Å². The number of rotatable bonds is 3. The van der Waals surface area contributed by atoms with Gasteiger partial charge >= 0.3 is 5.00 Å². The van der Waals surface area contributed by atoms with E-state index in [1.807, 2.05) is 6.07 Å². The third kappa shape index (κ3) is 2.65. The van der Waals surface area contributed by atoms with Crippen molar-refractivity contribution < 1.29 is 19.2 Å². The number of benzene rings is 1. The second-order valence-corrected chi connectivity index (χ2v) is 6.92. The van der Waals surface area contributed by atoms with Gasteiger partial charge in [-0.3, -0.25) is 20.2 Å². The van der Waals surface area contributed by atoms with E-state index in [1.165, 1.54) is 23.5 Å². The molecule has 0 unspecified atom stereocenters. The quantitative estimate of drug-likeness (QED) is 0.566. The second-order valence-electron chi connectivity index (χ2n) is 4.83. The normalized spacial score (nSPS) is 13.0. The average molecular weight is 363 g/mol. The summed E-state index contributed by atoms with van der Waals surface area (Å²) in [4.78, 5) is 26.9. The minimum atomic E-state index is -0.524. The summed E-state index contributed by atoms with van der Waals surface area (Å²) < 4.78 is 11.9. The predicted molar refractivity (Wildman–Crippen MR) is 89.5 cm³/mol. The van der Waals surface area contributed by atoms with Crippen molar-refractivity contribution in [2.75, 3.05) is 18.5 Å². The number of carbonyl (C=O) groups excluding carboxylic acids is 1. The largest absolute Gasteiger partial charge is 0.486 e. The molecule has 1 aliphatic rings. The molecule has 4 rings (SSSR count). The molecule has 3 heterocycles. The second kappa shape index (κ2) is 5.73. The number of carbonyl (C=O) groups is 1. The molecule has 1 N–H and O–H groups in total. The third-order valence-corrected chi connectivity index (χ3v) is 5.24. The molecule has 0 saturated heterocycles. The zero-order valence-corrected chi connectivity index (χ0v) is 13.6. The first-order valence-electron chi connectivity index (χ1n) is 6.86. The molecule has 0 radical (unpaired) electrons. The summed E-state index contributed by atoms with van der Waals surface area (Å²) in [7, 11) is 0. The van der Waals surface area contributed by atoms with Gasteiger partial charge in [0.15, 0.2) is 16.6 Å². The molecule has 1 aromatic carbocycles. The van der Waals surface area contributed by atoms with Crippen molar-refractivity contribution in [2.45, 2.75) is 0 Å². The van der Waals surface area contributed by atoms with Gasteiger partial charge in [-0.05, 0) is 6.07 Å². The molecule has 2 aromatic heterocycles. The fraction of sp³-hybridized carbons (Fsp3) is 0.143. The van der Waals surface area contributed by atoms with E-state index in [9.17, 15) is 14.9 Å². The number of fused-ring (bicyclic) bond motifs is 2. The highest BCUT2D eigenvalue weighted by atomic mass is 32.1. The number of nitro groups is 1. The van der Waals surface area contributed by atoms with Crippen LogP contribution in [0.3, 0.4) is 0 Å². The van der Waals surface area contributed by atoms with Crippen molar-refractivity contribution in [1.82, 2.24) is 4.98 Å². The van der Waals surface area contributed by atoms with Gasteiger partial charge < -0.3 is 9.47 Å². The highest BCUT2D eigenvalue weighted by Gasteiger charge is 2.18. The van der Waals surface area contributed by atoms with Crippen LogP contribution in [0.2, 0.25) is 0 Å². The van der Waals surface area contributed by atoms with Crippen molar-refractivity contribution in [2.24, 2.45) is 0 Å². The van der Waals surface area contributed by atoms with Gasteiger partial charge in [0.2, 0.25) is 0 Å². The molecule has 0 atom stereocenters. The number of aromatic nitrogens is 1. The Bertz CT molecular complexity index is 922. The van der Waals surface area contributed by atoms with Crippen LogP contribution in [0.1, 0.15) is 9.67 Å². The highest BCUT2D eigenvalue weighted by molar-refractivity contribution is 7.22. The van der Waals surface area contributed by atoms with Crippen LogP contribution in [0, 0.1) is 10.1 Å². The van der Waals surface area contributed by atoms with Crippen LogP contribution in [-0.4, -0.2) is 29.0 Å². The first kappa shape index (κ1) is 14.8. The predicted octanol–water partition coefficient (Wildman–Crippen LogP) is 3.29. The van der Waals surface area contributed by atoms with Gasteiger partial charge in [-0.1, -0.05) is 22.7 Å². The van der Waals surface area contributed by atoms with E-state index in [0.29, 0.717) is 35.4 Å². The van der Waals surface area contributed by atoms with Crippen LogP contribution >= 0.6 is 22.7 Å². The number of ether oxygens (including phenoxy) is 2. The Balaban J connectivity index is 1.59. The van der Waals surface area contributed by atoms with Crippen LogP contribution in [0.4, 0.5) is 10.1 Å². The molecule has 10 heteroatoms. The van der Waals surface area contributed by atoms with Crippen molar-refractivity contribution in [3.63, 3.8) is 0 Å². The summed E-state index contributed by atoms with van der Waals surface area (Å²) >= 11 is 2.12. The number of nitrogens with one attached hydrogen (secondary N) is 1. The molecule has 0 fully saturated rings. The summed E-state index contributed by atoms with van der Waals surface area (Å²) in [5, 5.41) is 13.7. The number of thiazole rings is 1. The van der Waals surface area contributed by atoms with E-state index < -0.39 is 10.8 Å². The van der Waals surface area contributed by atoms with Crippen LogP contribution < -0.4 is 14.8 Å².